The van der Waals surface area contributed by atoms with E-state index in [9.17, 15) is 25.2 Å². The van der Waals surface area contributed by atoms with Gasteiger partial charge in [-0.2, -0.15) is 0 Å². The molecule has 1 unspecified atom stereocenters. The fraction of sp³-hybridized carbons (Fsp3) is 0.957. The van der Waals surface area contributed by atoms with Crippen LogP contribution in [-0.2, 0) is 14.3 Å². The summed E-state index contributed by atoms with van der Waals surface area (Å²) in [5.41, 5.74) is 0. The normalized spacial score (nSPS) is 19.0. The van der Waals surface area contributed by atoms with Crippen LogP contribution in [0.3, 0.4) is 0 Å². The highest BCUT2D eigenvalue weighted by atomic mass is 16.6. The minimum absolute atomic E-state index is 0.252. The lowest BCUT2D eigenvalue weighted by Gasteiger charge is -2.25. The van der Waals surface area contributed by atoms with Crippen LogP contribution in [0, 0.1) is 0 Å². The summed E-state index contributed by atoms with van der Waals surface area (Å²) in [6.45, 7) is 4.05. The first-order valence-corrected chi connectivity index (χ1v) is 11.9. The van der Waals surface area contributed by atoms with Gasteiger partial charge in [0.2, 0.25) is 0 Å². The summed E-state index contributed by atoms with van der Waals surface area (Å²) in [7, 11) is 0. The Labute approximate surface area is 187 Å². The van der Waals surface area contributed by atoms with E-state index in [1.54, 1.807) is 0 Å². The van der Waals surface area contributed by atoms with Crippen molar-refractivity contribution in [2.24, 2.45) is 0 Å². The molecule has 0 aliphatic carbocycles. The van der Waals surface area contributed by atoms with Gasteiger partial charge in [0, 0.05) is 6.42 Å². The highest BCUT2D eigenvalue weighted by Crippen LogP contribution is 2.12. The molecule has 0 aromatic carbocycles. The van der Waals surface area contributed by atoms with Crippen LogP contribution in [-0.4, -0.2) is 81.8 Å². The second-order valence-electron chi connectivity index (χ2n) is 8.41. The Morgan fingerprint density at radius 3 is 1.71 bits per heavy atom. The number of carbonyl (C=O) groups excluding carboxylic acids is 1. The number of aliphatic hydroxyl groups excluding tert-OH is 5. The van der Waals surface area contributed by atoms with E-state index < -0.39 is 43.6 Å². The predicted octanol–water partition coefficient (Wildman–Crippen LogP) is 2.07. The summed E-state index contributed by atoms with van der Waals surface area (Å²) in [6.07, 6.45) is 7.37. The van der Waals surface area contributed by atoms with Crippen LogP contribution >= 0.6 is 0 Å². The summed E-state index contributed by atoms with van der Waals surface area (Å²) < 4.78 is 9.58. The Balaban J connectivity index is 0.00000199. The topological polar surface area (TPSA) is 140 Å². The second kappa shape index (κ2) is 19.9. The molecule has 0 spiro atoms. The van der Waals surface area contributed by atoms with Crippen LogP contribution in [0.15, 0.2) is 0 Å². The summed E-state index contributed by atoms with van der Waals surface area (Å²) in [5, 5.41) is 46.7. The molecule has 1 fully saturated rings. The lowest BCUT2D eigenvalue weighted by molar-refractivity contribution is -0.156. The molecule has 186 valence electrons. The molecule has 0 radical (unpaired) electrons. The van der Waals surface area contributed by atoms with Gasteiger partial charge in [0.1, 0.15) is 31.0 Å². The van der Waals surface area contributed by atoms with Gasteiger partial charge in [-0.15, -0.1) is 0 Å². The predicted molar refractivity (Wildman–Crippen MR) is 119 cm³/mol. The molecule has 31 heavy (non-hydrogen) atoms. The minimum atomic E-state index is -1.71. The lowest BCUT2D eigenvalue weighted by Crippen LogP contribution is -2.47. The number of unbranched alkanes of at least 4 members (excludes halogenated alkanes) is 10. The Hall–Kier alpha value is -0.770. The summed E-state index contributed by atoms with van der Waals surface area (Å²) in [4.78, 5) is 11.6. The quantitative estimate of drug-likeness (QED) is 0.121. The number of hydrogen-bond donors (Lipinski definition) is 5. The van der Waals surface area contributed by atoms with E-state index >= 15 is 0 Å². The molecule has 0 aromatic heterocycles. The zero-order valence-electron chi connectivity index (χ0n) is 19.5. The molecule has 1 aliphatic rings. The number of aliphatic hydroxyl groups is 5. The zero-order chi connectivity index (χ0) is 23.5. The number of carbonyl (C=O) groups is 1. The monoisotopic (exact) mass is 450 g/mol. The van der Waals surface area contributed by atoms with Gasteiger partial charge in [-0.05, 0) is 13.3 Å². The van der Waals surface area contributed by atoms with Crippen molar-refractivity contribution in [3.63, 3.8) is 0 Å². The molecule has 1 heterocycles. The standard InChI is InChI=1S/C20H40O7.C3H6O/c1-2-3-4-5-6-7-8-9-10-11-12-13-18(24)27-15-17(23)20(26)19(25)16(22)14-21;1-3-2-4-3/h16-17,19-23,25-26H,2-15H2,1H3;3H,2H2,1H3/t16-,17+,19-,20-;/m1./s1. The maximum atomic E-state index is 11.6. The van der Waals surface area contributed by atoms with Gasteiger partial charge >= 0.3 is 5.97 Å². The molecular formula is C23H46O8. The van der Waals surface area contributed by atoms with Crippen LogP contribution in [0.1, 0.15) is 90.9 Å². The molecule has 0 amide bonds. The smallest absolute Gasteiger partial charge is 0.305 e. The average Bonchev–Trinajstić information content (AvgIpc) is 3.56. The maximum Gasteiger partial charge on any atom is 0.305 e. The fourth-order valence-corrected chi connectivity index (χ4v) is 2.94. The molecule has 5 N–H and O–H groups in total. The van der Waals surface area contributed by atoms with Gasteiger partial charge in [0.15, 0.2) is 0 Å². The van der Waals surface area contributed by atoms with Crippen molar-refractivity contribution in [1.29, 1.82) is 0 Å². The van der Waals surface area contributed by atoms with Gasteiger partial charge in [0.25, 0.3) is 0 Å². The molecule has 1 rings (SSSR count). The number of hydrogen-bond acceptors (Lipinski definition) is 8. The van der Waals surface area contributed by atoms with E-state index in [0.29, 0.717) is 6.10 Å². The van der Waals surface area contributed by atoms with E-state index in [0.717, 1.165) is 25.9 Å². The lowest BCUT2D eigenvalue weighted by atomic mass is 10.0. The van der Waals surface area contributed by atoms with Gasteiger partial charge in [-0.3, -0.25) is 4.79 Å². The van der Waals surface area contributed by atoms with Gasteiger partial charge in [-0.25, -0.2) is 0 Å². The van der Waals surface area contributed by atoms with Crippen LogP contribution in [0.25, 0.3) is 0 Å². The third-order valence-electron chi connectivity index (χ3n) is 5.22. The SMILES string of the molecule is CC1CO1.CCCCCCCCCCCCCC(=O)OC[C@H](O)[C@@H](O)[C@H](O)[C@H](O)CO. The minimum Gasteiger partial charge on any atom is -0.463 e. The van der Waals surface area contributed by atoms with Crippen molar-refractivity contribution in [1.82, 2.24) is 0 Å². The van der Waals surface area contributed by atoms with Gasteiger partial charge < -0.3 is 35.0 Å². The summed E-state index contributed by atoms with van der Waals surface area (Å²) in [5.74, 6) is -0.464. The molecule has 1 saturated heterocycles. The highest BCUT2D eigenvalue weighted by molar-refractivity contribution is 5.69. The Morgan fingerprint density at radius 2 is 1.29 bits per heavy atom. The molecule has 5 atom stereocenters. The van der Waals surface area contributed by atoms with Crippen molar-refractivity contribution in [3.05, 3.63) is 0 Å². The van der Waals surface area contributed by atoms with Crippen molar-refractivity contribution < 1.29 is 39.8 Å². The average molecular weight is 451 g/mol. The van der Waals surface area contributed by atoms with E-state index in [1.807, 2.05) is 0 Å². The molecule has 0 saturated carbocycles. The van der Waals surface area contributed by atoms with Crippen LogP contribution in [0.4, 0.5) is 0 Å². The van der Waals surface area contributed by atoms with Gasteiger partial charge in [0.05, 0.1) is 19.3 Å². The fourth-order valence-electron chi connectivity index (χ4n) is 2.94. The van der Waals surface area contributed by atoms with E-state index in [1.165, 1.54) is 51.4 Å². The molecule has 8 nitrogen and oxygen atoms in total. The first-order chi connectivity index (χ1) is 14.8. The number of rotatable bonds is 18. The van der Waals surface area contributed by atoms with E-state index in [4.69, 9.17) is 14.6 Å². The molecular weight excluding hydrogens is 404 g/mol. The second-order valence-corrected chi connectivity index (χ2v) is 8.41. The van der Waals surface area contributed by atoms with Crippen molar-refractivity contribution in [2.45, 2.75) is 121 Å². The Morgan fingerprint density at radius 1 is 0.871 bits per heavy atom. The molecule has 0 aromatic rings. The first-order valence-electron chi connectivity index (χ1n) is 11.9. The van der Waals surface area contributed by atoms with Crippen molar-refractivity contribution in [3.8, 4) is 0 Å². The Kier molecular flexibility index (Phi) is 19.4. The molecule has 1 aliphatic heterocycles. The first kappa shape index (κ1) is 30.2. The van der Waals surface area contributed by atoms with Crippen LogP contribution in [0.5, 0.6) is 0 Å². The van der Waals surface area contributed by atoms with E-state index in [-0.39, 0.29) is 6.42 Å². The van der Waals surface area contributed by atoms with Gasteiger partial charge in [-0.1, -0.05) is 71.1 Å². The third-order valence-corrected chi connectivity index (χ3v) is 5.22. The summed E-state index contributed by atoms with van der Waals surface area (Å²) in [6, 6.07) is 0. The maximum absolute atomic E-state index is 11.6. The largest absolute Gasteiger partial charge is 0.463 e. The highest BCUT2D eigenvalue weighted by Gasteiger charge is 2.30. The van der Waals surface area contributed by atoms with Crippen molar-refractivity contribution >= 4 is 5.97 Å². The zero-order valence-corrected chi connectivity index (χ0v) is 19.5. The van der Waals surface area contributed by atoms with Crippen molar-refractivity contribution in [2.75, 3.05) is 19.8 Å². The van der Waals surface area contributed by atoms with Crippen LogP contribution < -0.4 is 0 Å². The molecule has 8 heteroatoms. The number of ether oxygens (including phenoxy) is 2. The number of esters is 1. The summed E-state index contributed by atoms with van der Waals surface area (Å²) >= 11 is 0. The number of epoxide rings is 1. The Bertz CT molecular complexity index is 416. The van der Waals surface area contributed by atoms with Crippen LogP contribution in [0.2, 0.25) is 0 Å². The van der Waals surface area contributed by atoms with E-state index in [2.05, 4.69) is 13.8 Å². The third kappa shape index (κ3) is 18.5. The molecule has 0 bridgehead atoms.